The average molecular weight is 182 g/mol. The second-order valence-electron chi connectivity index (χ2n) is 4.05. The van der Waals surface area contributed by atoms with Crippen LogP contribution >= 0.6 is 0 Å². The van der Waals surface area contributed by atoms with Gasteiger partial charge >= 0.3 is 0 Å². The van der Waals surface area contributed by atoms with E-state index in [0.717, 1.165) is 6.54 Å². The van der Waals surface area contributed by atoms with Gasteiger partial charge in [-0.1, -0.05) is 0 Å². The number of carbonyl (C=O) groups is 2. The van der Waals surface area contributed by atoms with E-state index in [-0.39, 0.29) is 17.7 Å². The van der Waals surface area contributed by atoms with Crippen LogP contribution in [-0.2, 0) is 9.59 Å². The van der Waals surface area contributed by atoms with Crippen LogP contribution in [0.5, 0.6) is 0 Å². The first-order valence-electron chi connectivity index (χ1n) is 4.74. The van der Waals surface area contributed by atoms with Gasteiger partial charge in [-0.05, 0) is 18.8 Å². The molecule has 0 spiro atoms. The van der Waals surface area contributed by atoms with Crippen molar-refractivity contribution in [3.8, 4) is 0 Å². The fourth-order valence-electron chi connectivity index (χ4n) is 1.75. The summed E-state index contributed by atoms with van der Waals surface area (Å²) in [7, 11) is 0. The molecule has 1 heterocycles. The van der Waals surface area contributed by atoms with Crippen molar-refractivity contribution in [2.45, 2.75) is 19.3 Å². The van der Waals surface area contributed by atoms with Crippen molar-refractivity contribution in [3.05, 3.63) is 0 Å². The van der Waals surface area contributed by atoms with Crippen molar-refractivity contribution < 1.29 is 9.59 Å². The summed E-state index contributed by atoms with van der Waals surface area (Å²) in [6, 6.07) is 0. The van der Waals surface area contributed by atoms with Crippen LogP contribution in [0.15, 0.2) is 0 Å². The number of hydrogen-bond acceptors (Lipinski definition) is 2. The lowest BCUT2D eigenvalue weighted by Gasteiger charge is -2.14. The normalized spacial score (nSPS) is 28.2. The van der Waals surface area contributed by atoms with Crippen LogP contribution in [0.1, 0.15) is 19.3 Å². The van der Waals surface area contributed by atoms with E-state index in [1.807, 2.05) is 0 Å². The molecule has 4 heteroatoms. The van der Waals surface area contributed by atoms with Gasteiger partial charge in [0.15, 0.2) is 0 Å². The summed E-state index contributed by atoms with van der Waals surface area (Å²) < 4.78 is 0. The zero-order valence-corrected chi connectivity index (χ0v) is 7.53. The second-order valence-corrected chi connectivity index (χ2v) is 4.05. The smallest absolute Gasteiger partial charge is 0.223 e. The molecule has 1 aliphatic carbocycles. The summed E-state index contributed by atoms with van der Waals surface area (Å²) in [6.45, 7) is 1.38. The Balaban J connectivity index is 1.90. The van der Waals surface area contributed by atoms with Gasteiger partial charge in [-0.3, -0.25) is 9.59 Å². The Morgan fingerprint density at radius 3 is 2.69 bits per heavy atom. The number of likely N-dealkylation sites (tertiary alicyclic amines) is 1. The minimum Gasteiger partial charge on any atom is -0.369 e. The summed E-state index contributed by atoms with van der Waals surface area (Å²) >= 11 is 0. The molecule has 1 saturated carbocycles. The maximum absolute atomic E-state index is 11.4. The van der Waals surface area contributed by atoms with Gasteiger partial charge in [-0.25, -0.2) is 0 Å². The molecule has 1 aliphatic heterocycles. The first-order chi connectivity index (χ1) is 6.16. The van der Waals surface area contributed by atoms with Crippen LogP contribution in [0.2, 0.25) is 0 Å². The highest BCUT2D eigenvalue weighted by molar-refractivity contribution is 5.88. The number of carbonyl (C=O) groups excluding carboxylic acids is 2. The molecular formula is C9H14N2O2. The molecular weight excluding hydrogens is 168 g/mol. The Kier molecular flexibility index (Phi) is 1.98. The summed E-state index contributed by atoms with van der Waals surface area (Å²) in [5.74, 6) is 0.198. The zero-order chi connectivity index (χ0) is 9.42. The topological polar surface area (TPSA) is 63.4 Å². The average Bonchev–Trinajstić information content (AvgIpc) is 2.78. The van der Waals surface area contributed by atoms with Crippen LogP contribution in [0.3, 0.4) is 0 Å². The van der Waals surface area contributed by atoms with Crippen molar-refractivity contribution >= 4 is 11.8 Å². The number of amides is 2. The molecule has 0 aromatic rings. The second kappa shape index (κ2) is 3.01. The number of hydrogen-bond donors (Lipinski definition) is 1. The van der Waals surface area contributed by atoms with E-state index in [1.54, 1.807) is 4.90 Å². The SMILES string of the molecule is NC(=O)C1CC(=O)N(CC2CC2)C1. The van der Waals surface area contributed by atoms with E-state index >= 15 is 0 Å². The molecule has 2 rings (SSSR count). The number of rotatable bonds is 3. The van der Waals surface area contributed by atoms with Crippen LogP contribution < -0.4 is 5.73 Å². The summed E-state index contributed by atoms with van der Waals surface area (Å²) in [6.07, 6.45) is 2.78. The van der Waals surface area contributed by atoms with E-state index in [9.17, 15) is 9.59 Å². The Hall–Kier alpha value is -1.06. The molecule has 0 radical (unpaired) electrons. The summed E-state index contributed by atoms with van der Waals surface area (Å²) in [5.41, 5.74) is 5.15. The molecule has 0 aromatic carbocycles. The standard InChI is InChI=1S/C9H14N2O2/c10-9(13)7-3-8(12)11(5-7)4-6-1-2-6/h6-7H,1-5H2,(H2,10,13). The zero-order valence-electron chi connectivity index (χ0n) is 7.53. The molecule has 2 fully saturated rings. The molecule has 4 nitrogen and oxygen atoms in total. The number of nitrogens with zero attached hydrogens (tertiary/aromatic N) is 1. The molecule has 1 saturated heterocycles. The third kappa shape index (κ3) is 1.82. The molecule has 2 N–H and O–H groups in total. The molecule has 2 aliphatic rings. The third-order valence-electron chi connectivity index (χ3n) is 2.79. The first kappa shape index (κ1) is 8.53. The highest BCUT2D eigenvalue weighted by Gasteiger charge is 2.35. The van der Waals surface area contributed by atoms with Gasteiger partial charge in [0.2, 0.25) is 11.8 Å². The van der Waals surface area contributed by atoms with Crippen molar-refractivity contribution in [2.24, 2.45) is 17.6 Å². The fourth-order valence-corrected chi connectivity index (χ4v) is 1.75. The van der Waals surface area contributed by atoms with Crippen molar-refractivity contribution in [1.29, 1.82) is 0 Å². The first-order valence-corrected chi connectivity index (χ1v) is 4.74. The van der Waals surface area contributed by atoms with Gasteiger partial charge in [0.25, 0.3) is 0 Å². The van der Waals surface area contributed by atoms with Crippen molar-refractivity contribution in [3.63, 3.8) is 0 Å². The lowest BCUT2D eigenvalue weighted by molar-refractivity contribution is -0.128. The summed E-state index contributed by atoms with van der Waals surface area (Å²) in [4.78, 5) is 24.0. The van der Waals surface area contributed by atoms with Crippen molar-refractivity contribution in [2.75, 3.05) is 13.1 Å². The minimum absolute atomic E-state index is 0.0932. The third-order valence-corrected chi connectivity index (χ3v) is 2.79. The maximum atomic E-state index is 11.4. The Morgan fingerprint density at radius 2 is 2.23 bits per heavy atom. The minimum atomic E-state index is -0.341. The van der Waals surface area contributed by atoms with E-state index in [0.29, 0.717) is 18.9 Å². The molecule has 1 unspecified atom stereocenters. The van der Waals surface area contributed by atoms with Crippen LogP contribution in [0.4, 0.5) is 0 Å². The summed E-state index contributed by atoms with van der Waals surface area (Å²) in [5, 5.41) is 0. The van der Waals surface area contributed by atoms with Crippen LogP contribution in [-0.4, -0.2) is 29.8 Å². The molecule has 2 amide bonds. The van der Waals surface area contributed by atoms with E-state index < -0.39 is 0 Å². The highest BCUT2D eigenvalue weighted by atomic mass is 16.2. The lowest BCUT2D eigenvalue weighted by Crippen LogP contribution is -2.30. The molecule has 0 bridgehead atoms. The predicted molar refractivity (Wildman–Crippen MR) is 46.6 cm³/mol. The quantitative estimate of drug-likeness (QED) is 0.653. The largest absolute Gasteiger partial charge is 0.369 e. The Bertz CT molecular complexity index is 248. The van der Waals surface area contributed by atoms with Gasteiger partial charge in [-0.2, -0.15) is 0 Å². The Labute approximate surface area is 77.1 Å². The van der Waals surface area contributed by atoms with Gasteiger partial charge in [0.05, 0.1) is 5.92 Å². The van der Waals surface area contributed by atoms with Crippen LogP contribution in [0.25, 0.3) is 0 Å². The van der Waals surface area contributed by atoms with Gasteiger partial charge in [0.1, 0.15) is 0 Å². The highest BCUT2D eigenvalue weighted by Crippen LogP contribution is 2.31. The predicted octanol–water partition coefficient (Wildman–Crippen LogP) is -0.270. The number of nitrogens with two attached hydrogens (primary N) is 1. The maximum Gasteiger partial charge on any atom is 0.223 e. The van der Waals surface area contributed by atoms with Gasteiger partial charge in [0, 0.05) is 19.5 Å². The van der Waals surface area contributed by atoms with E-state index in [2.05, 4.69) is 0 Å². The fraction of sp³-hybridized carbons (Fsp3) is 0.778. The van der Waals surface area contributed by atoms with E-state index in [1.165, 1.54) is 12.8 Å². The molecule has 0 aromatic heterocycles. The van der Waals surface area contributed by atoms with Gasteiger partial charge in [-0.15, -0.1) is 0 Å². The Morgan fingerprint density at radius 1 is 1.54 bits per heavy atom. The lowest BCUT2D eigenvalue weighted by atomic mass is 10.1. The van der Waals surface area contributed by atoms with Crippen LogP contribution in [0, 0.1) is 11.8 Å². The van der Waals surface area contributed by atoms with E-state index in [4.69, 9.17) is 5.73 Å². The molecule has 1 atom stereocenters. The van der Waals surface area contributed by atoms with Crippen molar-refractivity contribution in [1.82, 2.24) is 4.90 Å². The molecule has 13 heavy (non-hydrogen) atoms. The monoisotopic (exact) mass is 182 g/mol. The number of primary amides is 1. The van der Waals surface area contributed by atoms with Gasteiger partial charge < -0.3 is 10.6 Å². The molecule has 72 valence electrons.